The smallest absolute Gasteiger partial charge is 0.191 e. The lowest BCUT2D eigenvalue weighted by Crippen LogP contribution is -2.47. The van der Waals surface area contributed by atoms with E-state index in [1.807, 2.05) is 6.92 Å². The van der Waals surface area contributed by atoms with Crippen LogP contribution in [0.1, 0.15) is 25.3 Å². The topological polar surface area (TPSA) is 79.8 Å². The molecule has 2 rings (SSSR count). The van der Waals surface area contributed by atoms with Gasteiger partial charge in [0.15, 0.2) is 15.8 Å². The van der Waals surface area contributed by atoms with Crippen LogP contribution in [0.4, 0.5) is 4.39 Å². The molecule has 0 aromatic heterocycles. The SMILES string of the molecule is CCNC(=NCC1(S(C)(=O)=O)CCOCC1)NCCc1ccc(F)cc1.I. The maximum Gasteiger partial charge on any atom is 0.191 e. The molecule has 1 heterocycles. The van der Waals surface area contributed by atoms with Gasteiger partial charge in [-0.05, 0) is 43.9 Å². The van der Waals surface area contributed by atoms with Gasteiger partial charge in [0, 0.05) is 32.6 Å². The first-order valence-electron chi connectivity index (χ1n) is 8.90. The second kappa shape index (κ2) is 11.2. The monoisotopic (exact) mass is 513 g/mol. The van der Waals surface area contributed by atoms with Crippen molar-refractivity contribution < 1.29 is 17.5 Å². The molecule has 0 radical (unpaired) electrons. The van der Waals surface area contributed by atoms with E-state index in [-0.39, 0.29) is 36.3 Å². The highest BCUT2D eigenvalue weighted by atomic mass is 127. The normalized spacial score (nSPS) is 17.1. The van der Waals surface area contributed by atoms with Crippen LogP contribution >= 0.6 is 24.0 Å². The summed E-state index contributed by atoms with van der Waals surface area (Å²) in [5.41, 5.74) is 1.02. The van der Waals surface area contributed by atoms with Gasteiger partial charge in [0.25, 0.3) is 0 Å². The molecule has 0 saturated carbocycles. The summed E-state index contributed by atoms with van der Waals surface area (Å²) in [5, 5.41) is 6.35. The highest BCUT2D eigenvalue weighted by Crippen LogP contribution is 2.29. The molecule has 0 spiro atoms. The number of nitrogens with one attached hydrogen (secondary N) is 2. The van der Waals surface area contributed by atoms with Crippen LogP contribution in [0, 0.1) is 5.82 Å². The van der Waals surface area contributed by atoms with E-state index in [4.69, 9.17) is 4.74 Å². The summed E-state index contributed by atoms with van der Waals surface area (Å²) >= 11 is 0. The Labute approximate surface area is 178 Å². The summed E-state index contributed by atoms with van der Waals surface area (Å²) in [4.78, 5) is 4.52. The molecule has 2 N–H and O–H groups in total. The summed E-state index contributed by atoms with van der Waals surface area (Å²) in [6.07, 6.45) is 2.92. The molecule has 1 aromatic rings. The fourth-order valence-corrected chi connectivity index (χ4v) is 4.14. The number of rotatable bonds is 7. The summed E-state index contributed by atoms with van der Waals surface area (Å²) < 4.78 is 42.0. The first kappa shape index (κ1) is 24.1. The molecule has 27 heavy (non-hydrogen) atoms. The maximum atomic E-state index is 12.9. The zero-order chi connectivity index (χ0) is 19.0. The molecule has 0 atom stereocenters. The summed E-state index contributed by atoms with van der Waals surface area (Å²) in [6, 6.07) is 6.38. The van der Waals surface area contributed by atoms with Gasteiger partial charge < -0.3 is 15.4 Å². The minimum atomic E-state index is -3.24. The molecule has 0 unspecified atom stereocenters. The zero-order valence-corrected chi connectivity index (χ0v) is 19.0. The van der Waals surface area contributed by atoms with Crippen LogP contribution in [0.25, 0.3) is 0 Å². The number of hydrogen-bond acceptors (Lipinski definition) is 4. The third-order valence-corrected chi connectivity index (χ3v) is 6.79. The number of nitrogens with zero attached hydrogens (tertiary/aromatic N) is 1. The second-order valence-corrected chi connectivity index (χ2v) is 8.98. The summed E-state index contributed by atoms with van der Waals surface area (Å²) in [5.74, 6) is 0.336. The standard InChI is InChI=1S/C18H28FN3O3S.HI/c1-3-20-17(21-11-8-15-4-6-16(19)7-5-15)22-14-18(26(2,23)24)9-12-25-13-10-18;/h4-7H,3,8-14H2,1-2H3,(H2,20,21,22);1H. The van der Waals surface area contributed by atoms with Crippen LogP contribution in [0.15, 0.2) is 29.3 Å². The molecule has 1 fully saturated rings. The van der Waals surface area contributed by atoms with Crippen LogP contribution < -0.4 is 10.6 Å². The minimum Gasteiger partial charge on any atom is -0.381 e. The van der Waals surface area contributed by atoms with Crippen molar-refractivity contribution in [3.63, 3.8) is 0 Å². The highest BCUT2D eigenvalue weighted by Gasteiger charge is 2.42. The number of hydrogen-bond donors (Lipinski definition) is 2. The van der Waals surface area contributed by atoms with Gasteiger partial charge in [0.2, 0.25) is 0 Å². The van der Waals surface area contributed by atoms with E-state index in [1.54, 1.807) is 12.1 Å². The van der Waals surface area contributed by atoms with Crippen LogP contribution in [0.3, 0.4) is 0 Å². The Bertz CT molecular complexity index is 705. The Balaban J connectivity index is 0.00000364. The molecule has 154 valence electrons. The van der Waals surface area contributed by atoms with Crippen molar-refractivity contribution in [2.45, 2.75) is 30.9 Å². The number of aliphatic imine (C=N–C) groups is 1. The van der Waals surface area contributed by atoms with Crippen molar-refractivity contribution in [1.82, 2.24) is 10.6 Å². The van der Waals surface area contributed by atoms with E-state index in [0.29, 0.717) is 45.1 Å². The van der Waals surface area contributed by atoms with Gasteiger partial charge >= 0.3 is 0 Å². The predicted octanol–water partition coefficient (Wildman–Crippen LogP) is 2.14. The first-order chi connectivity index (χ1) is 12.4. The van der Waals surface area contributed by atoms with Crippen LogP contribution in [-0.2, 0) is 21.0 Å². The first-order valence-corrected chi connectivity index (χ1v) is 10.8. The van der Waals surface area contributed by atoms with Crippen molar-refractivity contribution in [2.75, 3.05) is 39.1 Å². The van der Waals surface area contributed by atoms with Gasteiger partial charge in [-0.25, -0.2) is 12.8 Å². The van der Waals surface area contributed by atoms with E-state index >= 15 is 0 Å². The molecule has 6 nitrogen and oxygen atoms in total. The van der Waals surface area contributed by atoms with Crippen molar-refractivity contribution >= 4 is 39.8 Å². The Morgan fingerprint density at radius 1 is 1.22 bits per heavy atom. The molecule has 1 aromatic carbocycles. The van der Waals surface area contributed by atoms with E-state index in [1.165, 1.54) is 18.4 Å². The van der Waals surface area contributed by atoms with Crippen molar-refractivity contribution in [3.05, 3.63) is 35.6 Å². The molecule has 0 amide bonds. The van der Waals surface area contributed by atoms with Gasteiger partial charge in [0.05, 0.1) is 11.3 Å². The van der Waals surface area contributed by atoms with Crippen LogP contribution in [0.2, 0.25) is 0 Å². The Morgan fingerprint density at radius 2 is 1.85 bits per heavy atom. The van der Waals surface area contributed by atoms with Crippen molar-refractivity contribution in [2.24, 2.45) is 4.99 Å². The molecular formula is C18H29FIN3O3S. The number of benzene rings is 1. The van der Waals surface area contributed by atoms with E-state index in [2.05, 4.69) is 15.6 Å². The molecule has 9 heteroatoms. The van der Waals surface area contributed by atoms with Gasteiger partial charge in [-0.1, -0.05) is 12.1 Å². The van der Waals surface area contributed by atoms with Crippen LogP contribution in [0.5, 0.6) is 0 Å². The molecule has 1 saturated heterocycles. The maximum absolute atomic E-state index is 12.9. The number of ether oxygens (including phenoxy) is 1. The van der Waals surface area contributed by atoms with Gasteiger partial charge in [-0.2, -0.15) is 0 Å². The van der Waals surface area contributed by atoms with Crippen molar-refractivity contribution in [1.29, 1.82) is 0 Å². The van der Waals surface area contributed by atoms with E-state index in [9.17, 15) is 12.8 Å². The Kier molecular flexibility index (Phi) is 9.96. The quantitative estimate of drug-likeness (QED) is 0.332. The van der Waals surface area contributed by atoms with E-state index < -0.39 is 14.6 Å². The Hall–Kier alpha value is -0.940. The van der Waals surface area contributed by atoms with Crippen LogP contribution in [-0.4, -0.2) is 58.2 Å². The number of halogens is 2. The lowest BCUT2D eigenvalue weighted by molar-refractivity contribution is 0.0768. The molecule has 0 aliphatic carbocycles. The minimum absolute atomic E-state index is 0. The number of guanidine groups is 1. The fraction of sp³-hybridized carbons (Fsp3) is 0.611. The molecular weight excluding hydrogens is 484 g/mol. The largest absolute Gasteiger partial charge is 0.381 e. The summed E-state index contributed by atoms with van der Waals surface area (Å²) in [6.45, 7) is 4.34. The van der Waals surface area contributed by atoms with Gasteiger partial charge in [0.1, 0.15) is 5.82 Å². The lowest BCUT2D eigenvalue weighted by atomic mass is 9.99. The fourth-order valence-electron chi connectivity index (χ4n) is 2.93. The average Bonchev–Trinajstić information content (AvgIpc) is 2.61. The van der Waals surface area contributed by atoms with Gasteiger partial charge in [-0.3, -0.25) is 4.99 Å². The van der Waals surface area contributed by atoms with E-state index in [0.717, 1.165) is 12.0 Å². The lowest BCUT2D eigenvalue weighted by Gasteiger charge is -2.34. The third kappa shape index (κ3) is 7.19. The molecule has 0 bridgehead atoms. The average molecular weight is 513 g/mol. The predicted molar refractivity (Wildman–Crippen MR) is 117 cm³/mol. The summed E-state index contributed by atoms with van der Waals surface area (Å²) in [7, 11) is -3.24. The van der Waals surface area contributed by atoms with Gasteiger partial charge in [-0.15, -0.1) is 24.0 Å². The Morgan fingerprint density at radius 3 is 2.41 bits per heavy atom. The highest BCUT2D eigenvalue weighted by molar-refractivity contribution is 14.0. The zero-order valence-electron chi connectivity index (χ0n) is 15.8. The molecule has 1 aliphatic rings. The number of sulfone groups is 1. The van der Waals surface area contributed by atoms with Crippen molar-refractivity contribution in [3.8, 4) is 0 Å². The third-order valence-electron chi connectivity index (χ3n) is 4.68. The molecule has 1 aliphatic heterocycles. The second-order valence-electron chi connectivity index (χ2n) is 6.57.